The standard InChI is InChI=1S/C18H22N2O5S/c1-5-25-14-6-9-16(10-7-14)26(21,22)20-19-13(2)17-11-8-15(23-3)12-18(17)24-4/h6-12,19-20H,2,5H2,1,3-4H3. The third-order valence-electron chi connectivity index (χ3n) is 3.52. The molecule has 2 rings (SSSR count). The van der Waals surface area contributed by atoms with Crippen molar-refractivity contribution < 1.29 is 22.6 Å². The van der Waals surface area contributed by atoms with Crippen LogP contribution in [0.25, 0.3) is 5.70 Å². The van der Waals surface area contributed by atoms with Crippen LogP contribution in [-0.2, 0) is 10.0 Å². The van der Waals surface area contributed by atoms with E-state index in [1.807, 2.05) is 6.92 Å². The number of ether oxygens (including phenoxy) is 3. The Kier molecular flexibility index (Phi) is 6.48. The highest BCUT2D eigenvalue weighted by Gasteiger charge is 2.15. The molecule has 7 nitrogen and oxygen atoms in total. The highest BCUT2D eigenvalue weighted by Crippen LogP contribution is 2.28. The second-order valence-corrected chi connectivity index (χ2v) is 6.86. The summed E-state index contributed by atoms with van der Waals surface area (Å²) >= 11 is 0. The van der Waals surface area contributed by atoms with Crippen LogP contribution in [0.15, 0.2) is 53.9 Å². The number of methoxy groups -OCH3 is 2. The normalized spacial score (nSPS) is 10.9. The monoisotopic (exact) mass is 378 g/mol. The fourth-order valence-corrected chi connectivity index (χ4v) is 3.05. The Bertz CT molecular complexity index is 864. The zero-order chi connectivity index (χ0) is 19.2. The van der Waals surface area contributed by atoms with Crippen LogP contribution < -0.4 is 24.5 Å². The van der Waals surface area contributed by atoms with E-state index >= 15 is 0 Å². The van der Waals surface area contributed by atoms with Gasteiger partial charge in [-0.3, -0.25) is 0 Å². The maximum absolute atomic E-state index is 12.4. The molecule has 2 N–H and O–H groups in total. The largest absolute Gasteiger partial charge is 0.497 e. The van der Waals surface area contributed by atoms with E-state index in [0.29, 0.717) is 35.1 Å². The van der Waals surface area contributed by atoms with E-state index in [9.17, 15) is 8.42 Å². The number of sulfonamides is 1. The van der Waals surface area contributed by atoms with E-state index < -0.39 is 10.0 Å². The van der Waals surface area contributed by atoms with Crippen LogP contribution in [-0.4, -0.2) is 29.2 Å². The highest BCUT2D eigenvalue weighted by molar-refractivity contribution is 7.89. The summed E-state index contributed by atoms with van der Waals surface area (Å²) in [5.74, 6) is 1.72. The molecule has 2 aromatic rings. The second-order valence-electron chi connectivity index (χ2n) is 5.18. The molecule has 0 unspecified atom stereocenters. The van der Waals surface area contributed by atoms with Crippen LogP contribution >= 0.6 is 0 Å². The minimum absolute atomic E-state index is 0.1000. The van der Waals surface area contributed by atoms with Gasteiger partial charge in [-0.15, -0.1) is 4.83 Å². The number of nitrogens with one attached hydrogen (secondary N) is 2. The van der Waals surface area contributed by atoms with Crippen molar-refractivity contribution in [1.29, 1.82) is 0 Å². The number of hydrogen-bond donors (Lipinski definition) is 2. The third-order valence-corrected chi connectivity index (χ3v) is 4.78. The maximum Gasteiger partial charge on any atom is 0.257 e. The van der Waals surface area contributed by atoms with Crippen molar-refractivity contribution in [3.63, 3.8) is 0 Å². The molecule has 0 atom stereocenters. The average Bonchev–Trinajstić information content (AvgIpc) is 2.66. The molecule has 2 aromatic carbocycles. The van der Waals surface area contributed by atoms with Crippen molar-refractivity contribution in [2.45, 2.75) is 11.8 Å². The third kappa shape index (κ3) is 4.68. The van der Waals surface area contributed by atoms with Crippen molar-refractivity contribution in [3.8, 4) is 17.2 Å². The van der Waals surface area contributed by atoms with Gasteiger partial charge >= 0.3 is 0 Å². The van der Waals surface area contributed by atoms with Crippen LogP contribution in [0.5, 0.6) is 17.2 Å². The predicted octanol–water partition coefficient (Wildman–Crippen LogP) is 2.56. The Morgan fingerprint density at radius 1 is 1.04 bits per heavy atom. The topological polar surface area (TPSA) is 85.9 Å². The fourth-order valence-electron chi connectivity index (χ4n) is 2.18. The van der Waals surface area contributed by atoms with E-state index in [1.54, 1.807) is 37.4 Å². The lowest BCUT2D eigenvalue weighted by Gasteiger charge is -2.15. The molecule has 8 heteroatoms. The van der Waals surface area contributed by atoms with Gasteiger partial charge in [-0.05, 0) is 43.3 Å². The summed E-state index contributed by atoms with van der Waals surface area (Å²) in [6.45, 7) is 6.21. The minimum Gasteiger partial charge on any atom is -0.497 e. The summed E-state index contributed by atoms with van der Waals surface area (Å²) in [4.78, 5) is 2.40. The first-order chi connectivity index (χ1) is 12.4. The van der Waals surface area contributed by atoms with Gasteiger partial charge in [0, 0.05) is 11.6 Å². The minimum atomic E-state index is -3.77. The summed E-state index contributed by atoms with van der Waals surface area (Å²) in [5.41, 5.74) is 3.54. The van der Waals surface area contributed by atoms with Gasteiger partial charge in [0.2, 0.25) is 0 Å². The van der Waals surface area contributed by atoms with Gasteiger partial charge in [0.15, 0.2) is 0 Å². The first-order valence-electron chi connectivity index (χ1n) is 7.83. The molecule has 0 heterocycles. The number of hydrazine groups is 1. The van der Waals surface area contributed by atoms with E-state index in [4.69, 9.17) is 14.2 Å². The summed E-state index contributed by atoms with van der Waals surface area (Å²) in [6.07, 6.45) is 0. The average molecular weight is 378 g/mol. The van der Waals surface area contributed by atoms with E-state index in [-0.39, 0.29) is 4.90 Å². The van der Waals surface area contributed by atoms with Crippen LogP contribution in [0.3, 0.4) is 0 Å². The van der Waals surface area contributed by atoms with Gasteiger partial charge in [0.25, 0.3) is 10.0 Å². The Morgan fingerprint density at radius 3 is 2.27 bits per heavy atom. The molecule has 140 valence electrons. The lowest BCUT2D eigenvalue weighted by atomic mass is 10.1. The lowest BCUT2D eigenvalue weighted by molar-refractivity contribution is 0.340. The summed E-state index contributed by atoms with van der Waals surface area (Å²) < 4.78 is 40.5. The van der Waals surface area contributed by atoms with Gasteiger partial charge in [-0.25, -0.2) is 8.42 Å². The van der Waals surface area contributed by atoms with Crippen LogP contribution in [0, 0.1) is 0 Å². The molecule has 0 amide bonds. The summed E-state index contributed by atoms with van der Waals surface area (Å²) in [6, 6.07) is 11.3. The lowest BCUT2D eigenvalue weighted by Crippen LogP contribution is -2.35. The van der Waals surface area contributed by atoms with Gasteiger partial charge in [0.05, 0.1) is 31.4 Å². The Morgan fingerprint density at radius 2 is 1.69 bits per heavy atom. The molecule has 0 spiro atoms. The smallest absolute Gasteiger partial charge is 0.257 e. The predicted molar refractivity (Wildman–Crippen MR) is 99.6 cm³/mol. The number of benzene rings is 2. The molecule has 0 radical (unpaired) electrons. The van der Waals surface area contributed by atoms with Crippen LogP contribution in [0.4, 0.5) is 0 Å². The molecule has 0 saturated heterocycles. The van der Waals surface area contributed by atoms with Gasteiger partial charge in [-0.2, -0.15) is 0 Å². The molecule has 0 aromatic heterocycles. The van der Waals surface area contributed by atoms with Crippen LogP contribution in [0.2, 0.25) is 0 Å². The van der Waals surface area contributed by atoms with Crippen molar-refractivity contribution in [2.75, 3.05) is 20.8 Å². The Hall–Kier alpha value is -2.71. The van der Waals surface area contributed by atoms with Crippen molar-refractivity contribution in [3.05, 3.63) is 54.6 Å². The zero-order valence-electron chi connectivity index (χ0n) is 14.9. The molecule has 0 aliphatic rings. The fraction of sp³-hybridized carbons (Fsp3) is 0.222. The Balaban J connectivity index is 2.10. The summed E-state index contributed by atoms with van der Waals surface area (Å²) in [7, 11) is -0.713. The number of hydrogen-bond acceptors (Lipinski definition) is 6. The van der Waals surface area contributed by atoms with Crippen molar-refractivity contribution in [1.82, 2.24) is 10.3 Å². The van der Waals surface area contributed by atoms with Gasteiger partial charge < -0.3 is 19.6 Å². The molecule has 0 aliphatic carbocycles. The highest BCUT2D eigenvalue weighted by atomic mass is 32.2. The van der Waals surface area contributed by atoms with E-state index in [1.165, 1.54) is 19.2 Å². The van der Waals surface area contributed by atoms with E-state index in [0.717, 1.165) is 0 Å². The Labute approximate surface area is 153 Å². The maximum atomic E-state index is 12.4. The molecule has 0 fully saturated rings. The van der Waals surface area contributed by atoms with E-state index in [2.05, 4.69) is 16.8 Å². The molecule has 0 bridgehead atoms. The van der Waals surface area contributed by atoms with Crippen molar-refractivity contribution in [2.24, 2.45) is 0 Å². The summed E-state index contributed by atoms with van der Waals surface area (Å²) in [5, 5.41) is 0. The molecule has 0 aliphatic heterocycles. The molecular formula is C18H22N2O5S. The van der Waals surface area contributed by atoms with Gasteiger partial charge in [0.1, 0.15) is 17.2 Å². The van der Waals surface area contributed by atoms with Crippen LogP contribution in [0.1, 0.15) is 12.5 Å². The first-order valence-corrected chi connectivity index (χ1v) is 9.31. The number of rotatable bonds is 9. The second kappa shape index (κ2) is 8.59. The first kappa shape index (κ1) is 19.6. The van der Waals surface area contributed by atoms with Crippen molar-refractivity contribution >= 4 is 15.7 Å². The quantitative estimate of drug-likeness (QED) is 0.652. The molecule has 0 saturated carbocycles. The SMILES string of the molecule is C=C(NNS(=O)(=O)c1ccc(OCC)cc1)c1ccc(OC)cc1OC. The molecular weight excluding hydrogens is 356 g/mol. The van der Waals surface area contributed by atoms with Gasteiger partial charge in [-0.1, -0.05) is 6.58 Å². The zero-order valence-corrected chi connectivity index (χ0v) is 15.7. The molecule has 26 heavy (non-hydrogen) atoms.